The van der Waals surface area contributed by atoms with Crippen molar-refractivity contribution in [1.82, 2.24) is 0 Å². The van der Waals surface area contributed by atoms with E-state index in [1.807, 2.05) is 42.5 Å². The number of carbonyl (C=O) groups excluding carboxylic acids is 1. The van der Waals surface area contributed by atoms with Crippen LogP contribution in [0.5, 0.6) is 5.75 Å². The maximum absolute atomic E-state index is 12.0. The summed E-state index contributed by atoms with van der Waals surface area (Å²) < 4.78 is 8.89. The quantitative estimate of drug-likeness (QED) is 0.261. The van der Waals surface area contributed by atoms with Gasteiger partial charge in [0.25, 0.3) is 5.91 Å². The van der Waals surface area contributed by atoms with Crippen LogP contribution in [-0.4, -0.2) is 9.89 Å². The van der Waals surface area contributed by atoms with Crippen LogP contribution in [0, 0.1) is 0 Å². The number of alkyl halides is 3. The molecule has 4 rings (SSSR count). The van der Waals surface area contributed by atoms with Crippen LogP contribution in [0.25, 0.3) is 21.6 Å². The summed E-state index contributed by atoms with van der Waals surface area (Å²) >= 11 is 24.9. The molecule has 0 unspecified atom stereocenters. The van der Waals surface area contributed by atoms with Gasteiger partial charge < -0.3 is 14.9 Å². The van der Waals surface area contributed by atoms with Gasteiger partial charge in [0.15, 0.2) is 5.76 Å². The normalized spacial score (nSPS) is 11.5. The average molecular weight is 527 g/mol. The van der Waals surface area contributed by atoms with E-state index in [0.29, 0.717) is 22.8 Å². The molecule has 2 N–H and O–H groups in total. The van der Waals surface area contributed by atoms with Gasteiger partial charge in [-0.1, -0.05) is 29.8 Å². The fourth-order valence-corrected chi connectivity index (χ4v) is 4.82. The lowest BCUT2D eigenvalue weighted by molar-refractivity contribution is 0.0973. The van der Waals surface area contributed by atoms with Gasteiger partial charge in [0.05, 0.1) is 6.26 Å². The lowest BCUT2D eigenvalue weighted by Gasteiger charge is -2.13. The van der Waals surface area contributed by atoms with E-state index in [0.717, 1.165) is 26.4 Å². The average Bonchev–Trinajstić information content (AvgIpc) is 3.36. The van der Waals surface area contributed by atoms with E-state index in [9.17, 15) is 4.79 Å². The molecular formula is C23H15Cl4NO3S. The van der Waals surface area contributed by atoms with Gasteiger partial charge in [-0.05, 0) is 82.8 Å². The van der Waals surface area contributed by atoms with E-state index in [4.69, 9.17) is 61.3 Å². The fraction of sp³-hybridized carbons (Fsp3) is 0.0870. The second kappa shape index (κ2) is 9.38. The van der Waals surface area contributed by atoms with E-state index < -0.39 is 9.89 Å². The van der Waals surface area contributed by atoms with E-state index in [1.54, 1.807) is 29.5 Å². The van der Waals surface area contributed by atoms with Crippen molar-refractivity contribution in [2.75, 3.05) is 0 Å². The molecular weight excluding hydrogens is 512 g/mol. The highest BCUT2D eigenvalue weighted by Gasteiger charge is 2.23. The van der Waals surface area contributed by atoms with Crippen molar-refractivity contribution in [3.05, 3.63) is 88.2 Å². The van der Waals surface area contributed by atoms with E-state index >= 15 is 0 Å². The topological polar surface area (TPSA) is 65.5 Å². The summed E-state index contributed by atoms with van der Waals surface area (Å²) in [6, 6.07) is 18.6. The minimum Gasteiger partial charge on any atom is -0.458 e. The number of thiophene rings is 1. The van der Waals surface area contributed by atoms with Crippen molar-refractivity contribution < 1.29 is 13.9 Å². The monoisotopic (exact) mass is 525 g/mol. The molecule has 2 heterocycles. The molecule has 2 aromatic carbocycles. The molecule has 0 atom stereocenters. The molecule has 0 aliphatic heterocycles. The molecule has 0 spiro atoms. The van der Waals surface area contributed by atoms with Gasteiger partial charge in [0.2, 0.25) is 0 Å². The molecule has 0 saturated carbocycles. The first-order valence-electron chi connectivity index (χ1n) is 9.31. The van der Waals surface area contributed by atoms with E-state index in [2.05, 4.69) is 0 Å². The maximum atomic E-state index is 12.0. The van der Waals surface area contributed by atoms with Crippen LogP contribution in [0.4, 0.5) is 0 Å². The lowest BCUT2D eigenvalue weighted by Crippen LogP contribution is -2.12. The van der Waals surface area contributed by atoms with Crippen molar-refractivity contribution in [2.24, 2.45) is 5.73 Å². The highest BCUT2D eigenvalue weighted by Crippen LogP contribution is 2.37. The molecule has 0 aliphatic rings. The Labute approximate surface area is 208 Å². The number of benzene rings is 2. The number of carbonyl (C=O) groups is 1. The number of primary amides is 1. The van der Waals surface area contributed by atoms with Gasteiger partial charge in [0, 0.05) is 37.9 Å². The molecule has 0 aliphatic carbocycles. The molecule has 164 valence electrons. The molecule has 1 amide bonds. The second-order valence-corrected chi connectivity index (χ2v) is 10.6. The van der Waals surface area contributed by atoms with Crippen LogP contribution in [-0.2, 0) is 6.42 Å². The van der Waals surface area contributed by atoms with Gasteiger partial charge in [-0.3, -0.25) is 4.79 Å². The Hall–Kier alpha value is -2.15. The van der Waals surface area contributed by atoms with Crippen LogP contribution < -0.4 is 10.5 Å². The standard InChI is InChI=1S/C23H15Cl4NO3S/c24-19-4-2-1-3-16(19)18-12-30-21(22(28)29)17(18)11-15-9-10-20(32-15)13-5-7-14(8-6-13)31-23(25,26)27/h1-10,12H,11H2,(H2,28,29). The number of amides is 1. The van der Waals surface area contributed by atoms with Gasteiger partial charge in [0.1, 0.15) is 5.75 Å². The first-order chi connectivity index (χ1) is 15.2. The summed E-state index contributed by atoms with van der Waals surface area (Å²) in [6.45, 7) is 0. The van der Waals surface area contributed by atoms with E-state index in [-0.39, 0.29) is 5.76 Å². The Kier molecular flexibility index (Phi) is 6.75. The molecule has 4 nitrogen and oxygen atoms in total. The molecule has 0 radical (unpaired) electrons. The SMILES string of the molecule is NC(=O)c1occ(-c2ccccc2Cl)c1Cc1ccc(-c2ccc(OC(Cl)(Cl)Cl)cc2)s1. The van der Waals surface area contributed by atoms with E-state index in [1.165, 1.54) is 6.26 Å². The van der Waals surface area contributed by atoms with Crippen LogP contribution in [0.15, 0.2) is 71.3 Å². The number of hydrogen-bond acceptors (Lipinski definition) is 4. The highest BCUT2D eigenvalue weighted by molar-refractivity contribution is 7.15. The Balaban J connectivity index is 1.62. The van der Waals surface area contributed by atoms with Crippen molar-refractivity contribution in [3.63, 3.8) is 0 Å². The summed E-state index contributed by atoms with van der Waals surface area (Å²) in [6.07, 6.45) is 1.99. The summed E-state index contributed by atoms with van der Waals surface area (Å²) in [5, 5.41) is 0.564. The third-order valence-electron chi connectivity index (χ3n) is 4.67. The van der Waals surface area contributed by atoms with Crippen molar-refractivity contribution >= 4 is 63.6 Å². The van der Waals surface area contributed by atoms with Gasteiger partial charge in [-0.25, -0.2) is 0 Å². The van der Waals surface area contributed by atoms with Crippen LogP contribution in [0.3, 0.4) is 0 Å². The zero-order valence-electron chi connectivity index (χ0n) is 16.3. The Morgan fingerprint density at radius 3 is 2.38 bits per heavy atom. The molecule has 9 heteroatoms. The van der Waals surface area contributed by atoms with Crippen molar-refractivity contribution in [2.45, 2.75) is 10.4 Å². The summed E-state index contributed by atoms with van der Waals surface area (Å²) in [5.41, 5.74) is 8.75. The van der Waals surface area contributed by atoms with Crippen LogP contribution in [0.1, 0.15) is 21.0 Å². The minimum absolute atomic E-state index is 0.128. The van der Waals surface area contributed by atoms with Crippen molar-refractivity contribution in [3.8, 4) is 27.3 Å². The fourth-order valence-electron chi connectivity index (χ4n) is 3.29. The Bertz CT molecular complexity index is 1260. The number of ether oxygens (including phenoxy) is 1. The first-order valence-corrected chi connectivity index (χ1v) is 11.6. The Morgan fingerprint density at radius 1 is 1.00 bits per heavy atom. The van der Waals surface area contributed by atoms with Crippen LogP contribution >= 0.6 is 57.7 Å². The molecule has 0 bridgehead atoms. The number of nitrogens with two attached hydrogens (primary N) is 1. The predicted molar refractivity (Wildman–Crippen MR) is 131 cm³/mol. The second-order valence-electron chi connectivity index (χ2n) is 6.82. The number of furan rings is 1. The van der Waals surface area contributed by atoms with Gasteiger partial charge in [-0.15, -0.1) is 11.3 Å². The smallest absolute Gasteiger partial charge is 0.338 e. The first kappa shape index (κ1) is 23.0. The third-order valence-corrected chi connectivity index (χ3v) is 6.36. The van der Waals surface area contributed by atoms with Gasteiger partial charge >= 0.3 is 3.98 Å². The summed E-state index contributed by atoms with van der Waals surface area (Å²) in [7, 11) is 0. The number of hydrogen-bond donors (Lipinski definition) is 1. The van der Waals surface area contributed by atoms with Gasteiger partial charge in [-0.2, -0.15) is 0 Å². The van der Waals surface area contributed by atoms with Crippen LogP contribution in [0.2, 0.25) is 5.02 Å². The minimum atomic E-state index is -1.82. The maximum Gasteiger partial charge on any atom is 0.338 e. The lowest BCUT2D eigenvalue weighted by atomic mass is 9.99. The molecule has 4 aromatic rings. The molecule has 0 fully saturated rings. The molecule has 2 aromatic heterocycles. The Morgan fingerprint density at radius 2 is 1.72 bits per heavy atom. The number of halogens is 4. The third kappa shape index (κ3) is 5.25. The summed E-state index contributed by atoms with van der Waals surface area (Å²) in [4.78, 5) is 14.0. The largest absolute Gasteiger partial charge is 0.458 e. The number of rotatable bonds is 6. The molecule has 32 heavy (non-hydrogen) atoms. The zero-order valence-corrected chi connectivity index (χ0v) is 20.1. The van der Waals surface area contributed by atoms with Crippen molar-refractivity contribution in [1.29, 1.82) is 0 Å². The summed E-state index contributed by atoms with van der Waals surface area (Å²) in [5.74, 6) is -0.0536. The predicted octanol–water partition coefficient (Wildman–Crippen LogP) is 7.72. The highest BCUT2D eigenvalue weighted by atomic mass is 35.6. The zero-order chi connectivity index (χ0) is 22.9. The molecule has 0 saturated heterocycles.